The summed E-state index contributed by atoms with van der Waals surface area (Å²) in [6.07, 6.45) is 0.259. The lowest BCUT2D eigenvalue weighted by molar-refractivity contribution is -0.123. The van der Waals surface area contributed by atoms with Gasteiger partial charge in [0.25, 0.3) is 5.91 Å². The van der Waals surface area contributed by atoms with Gasteiger partial charge in [0.05, 0.1) is 22.0 Å². The molecule has 2 rings (SSSR count). The van der Waals surface area contributed by atoms with E-state index in [1.165, 1.54) is 37.5 Å². The van der Waals surface area contributed by atoms with Gasteiger partial charge in [-0.2, -0.15) is 0 Å². The quantitative estimate of drug-likeness (QED) is 0.817. The molecule has 2 aromatic rings. The van der Waals surface area contributed by atoms with Crippen LogP contribution < -0.4 is 5.32 Å². The highest BCUT2D eigenvalue weighted by Gasteiger charge is 2.22. The van der Waals surface area contributed by atoms with Gasteiger partial charge in [-0.25, -0.2) is 4.79 Å². The molecular weight excluding hydrogens is 353 g/mol. The van der Waals surface area contributed by atoms with Crippen molar-refractivity contribution in [2.45, 2.75) is 13.0 Å². The first-order valence-electron chi connectivity index (χ1n) is 6.08. The predicted octanol–water partition coefficient (Wildman–Crippen LogP) is 4.42. The van der Waals surface area contributed by atoms with E-state index in [1.807, 2.05) is 0 Å². The number of furan rings is 1. The van der Waals surface area contributed by atoms with Gasteiger partial charge >= 0.3 is 5.97 Å². The minimum Gasteiger partial charge on any atom is -0.457 e. The number of hydrogen-bond donors (Lipinski definition) is 1. The molecule has 1 aromatic carbocycles. The van der Waals surface area contributed by atoms with E-state index in [0.29, 0.717) is 5.02 Å². The average molecular weight is 363 g/mol. The Bertz CT molecular complexity index is 677. The SMILES string of the molecule is C[C@@H](OC(=O)c1ccco1)C(=O)Nc1c(Cl)cc(Cl)cc1Cl. The summed E-state index contributed by atoms with van der Waals surface area (Å²) >= 11 is 17.7. The fraction of sp³-hybridized carbons (Fsp3) is 0.143. The molecule has 1 aromatic heterocycles. The normalized spacial score (nSPS) is 11.8. The molecule has 22 heavy (non-hydrogen) atoms. The molecule has 0 radical (unpaired) electrons. The number of anilines is 1. The Labute approximate surface area is 141 Å². The van der Waals surface area contributed by atoms with Crippen LogP contribution in [0, 0.1) is 0 Å². The second kappa shape index (κ2) is 7.05. The Morgan fingerprint density at radius 1 is 1.23 bits per heavy atom. The lowest BCUT2D eigenvalue weighted by atomic mass is 10.3. The zero-order valence-corrected chi connectivity index (χ0v) is 13.5. The number of amides is 1. The first-order valence-corrected chi connectivity index (χ1v) is 7.21. The number of halogens is 3. The van der Waals surface area contributed by atoms with E-state index in [1.54, 1.807) is 0 Å². The zero-order chi connectivity index (χ0) is 16.3. The topological polar surface area (TPSA) is 68.5 Å². The molecule has 116 valence electrons. The van der Waals surface area contributed by atoms with Crippen LogP contribution in [0.25, 0.3) is 0 Å². The molecule has 0 saturated heterocycles. The summed E-state index contributed by atoms with van der Waals surface area (Å²) in [5, 5.41) is 3.18. The summed E-state index contributed by atoms with van der Waals surface area (Å²) in [5.74, 6) is -1.34. The zero-order valence-electron chi connectivity index (χ0n) is 11.2. The highest BCUT2D eigenvalue weighted by molar-refractivity contribution is 6.42. The van der Waals surface area contributed by atoms with Crippen molar-refractivity contribution in [3.05, 3.63) is 51.4 Å². The van der Waals surface area contributed by atoms with Gasteiger partial charge in [0.1, 0.15) is 0 Å². The second-order valence-corrected chi connectivity index (χ2v) is 5.51. The van der Waals surface area contributed by atoms with Gasteiger partial charge in [-0.05, 0) is 31.2 Å². The maximum Gasteiger partial charge on any atom is 0.374 e. The highest BCUT2D eigenvalue weighted by Crippen LogP contribution is 2.33. The third kappa shape index (κ3) is 3.94. The van der Waals surface area contributed by atoms with Crippen LogP contribution in [-0.4, -0.2) is 18.0 Å². The maximum atomic E-state index is 12.0. The lowest BCUT2D eigenvalue weighted by Gasteiger charge is -2.14. The number of benzene rings is 1. The van der Waals surface area contributed by atoms with Gasteiger partial charge < -0.3 is 14.5 Å². The molecule has 8 heteroatoms. The molecule has 0 spiro atoms. The molecule has 1 atom stereocenters. The molecule has 1 N–H and O–H groups in total. The number of ether oxygens (including phenoxy) is 1. The Balaban J connectivity index is 2.04. The Morgan fingerprint density at radius 3 is 2.41 bits per heavy atom. The van der Waals surface area contributed by atoms with Crippen LogP contribution in [0.3, 0.4) is 0 Å². The molecule has 0 aliphatic heterocycles. The van der Waals surface area contributed by atoms with E-state index in [4.69, 9.17) is 44.0 Å². The number of carbonyl (C=O) groups excluding carboxylic acids is 2. The minimum atomic E-state index is -1.07. The lowest BCUT2D eigenvalue weighted by Crippen LogP contribution is -2.30. The monoisotopic (exact) mass is 361 g/mol. The van der Waals surface area contributed by atoms with Crippen LogP contribution >= 0.6 is 34.8 Å². The van der Waals surface area contributed by atoms with E-state index >= 15 is 0 Å². The number of rotatable bonds is 4. The fourth-order valence-electron chi connectivity index (χ4n) is 1.55. The van der Waals surface area contributed by atoms with Crippen LogP contribution in [0.15, 0.2) is 34.9 Å². The Hall–Kier alpha value is -1.69. The molecule has 0 aliphatic rings. The predicted molar refractivity (Wildman–Crippen MR) is 83.7 cm³/mol. The number of hydrogen-bond acceptors (Lipinski definition) is 4. The van der Waals surface area contributed by atoms with Crippen molar-refractivity contribution < 1.29 is 18.7 Å². The van der Waals surface area contributed by atoms with Crippen molar-refractivity contribution in [3.8, 4) is 0 Å². The van der Waals surface area contributed by atoms with E-state index in [-0.39, 0.29) is 21.5 Å². The van der Waals surface area contributed by atoms with Gasteiger partial charge in [0.15, 0.2) is 6.10 Å². The van der Waals surface area contributed by atoms with Crippen molar-refractivity contribution in [2.24, 2.45) is 0 Å². The van der Waals surface area contributed by atoms with Gasteiger partial charge in [-0.15, -0.1) is 0 Å². The summed E-state index contributed by atoms with van der Waals surface area (Å²) < 4.78 is 9.86. The first kappa shape index (κ1) is 16.7. The van der Waals surface area contributed by atoms with Crippen LogP contribution in [0.1, 0.15) is 17.5 Å². The molecule has 0 bridgehead atoms. The van der Waals surface area contributed by atoms with Crippen molar-refractivity contribution in [3.63, 3.8) is 0 Å². The number of carbonyl (C=O) groups is 2. The van der Waals surface area contributed by atoms with Crippen molar-refractivity contribution >= 4 is 52.4 Å². The van der Waals surface area contributed by atoms with Gasteiger partial charge in [0, 0.05) is 5.02 Å². The molecule has 0 fully saturated rings. The molecule has 1 heterocycles. The molecule has 0 aliphatic carbocycles. The number of esters is 1. The summed E-state index contributed by atoms with van der Waals surface area (Å²) in [4.78, 5) is 23.7. The smallest absolute Gasteiger partial charge is 0.374 e. The van der Waals surface area contributed by atoms with Gasteiger partial charge in [-0.3, -0.25) is 4.79 Å². The van der Waals surface area contributed by atoms with E-state index < -0.39 is 18.0 Å². The van der Waals surface area contributed by atoms with Crippen LogP contribution in [0.5, 0.6) is 0 Å². The Kier molecular flexibility index (Phi) is 5.34. The average Bonchev–Trinajstić information content (AvgIpc) is 2.96. The van der Waals surface area contributed by atoms with E-state index in [2.05, 4.69) is 5.32 Å². The summed E-state index contributed by atoms with van der Waals surface area (Å²) in [5.41, 5.74) is 0.193. The largest absolute Gasteiger partial charge is 0.457 e. The summed E-state index contributed by atoms with van der Waals surface area (Å²) in [7, 11) is 0. The maximum absolute atomic E-state index is 12.0. The summed E-state index contributed by atoms with van der Waals surface area (Å²) in [6.45, 7) is 1.41. The standard InChI is InChI=1S/C14H10Cl3NO4/c1-7(22-14(20)11-3-2-4-21-11)13(19)18-12-9(16)5-8(15)6-10(12)17/h2-7H,1H3,(H,18,19)/t7-/m1/s1. The van der Waals surface area contributed by atoms with Crippen molar-refractivity contribution in [1.29, 1.82) is 0 Å². The van der Waals surface area contributed by atoms with Crippen molar-refractivity contribution in [1.82, 2.24) is 0 Å². The molecule has 0 saturated carbocycles. The molecule has 0 unspecified atom stereocenters. The molecule has 5 nitrogen and oxygen atoms in total. The fourth-order valence-corrected chi connectivity index (χ4v) is 2.46. The number of nitrogens with one attached hydrogen (secondary N) is 1. The Morgan fingerprint density at radius 2 is 1.86 bits per heavy atom. The summed E-state index contributed by atoms with van der Waals surface area (Å²) in [6, 6.07) is 5.84. The second-order valence-electron chi connectivity index (χ2n) is 4.26. The van der Waals surface area contributed by atoms with Crippen LogP contribution in [-0.2, 0) is 9.53 Å². The van der Waals surface area contributed by atoms with E-state index in [0.717, 1.165) is 0 Å². The minimum absolute atomic E-state index is 0.00204. The molecule has 1 amide bonds. The van der Waals surface area contributed by atoms with E-state index in [9.17, 15) is 9.59 Å². The first-order chi connectivity index (χ1) is 10.4. The third-order valence-electron chi connectivity index (χ3n) is 2.63. The third-order valence-corrected chi connectivity index (χ3v) is 3.44. The highest BCUT2D eigenvalue weighted by atomic mass is 35.5. The molecular formula is C14H10Cl3NO4. The van der Waals surface area contributed by atoms with Crippen LogP contribution in [0.2, 0.25) is 15.1 Å². The van der Waals surface area contributed by atoms with Gasteiger partial charge in [-0.1, -0.05) is 34.8 Å². The van der Waals surface area contributed by atoms with Crippen LogP contribution in [0.4, 0.5) is 5.69 Å². The van der Waals surface area contributed by atoms with Gasteiger partial charge in [0.2, 0.25) is 5.76 Å². The van der Waals surface area contributed by atoms with Crippen molar-refractivity contribution in [2.75, 3.05) is 5.32 Å².